The molecule has 0 saturated carbocycles. The molecular formula is C21H28F2N2O3. The lowest BCUT2D eigenvalue weighted by Gasteiger charge is -2.34. The number of piperidine rings is 1. The number of fused-ring (bicyclic) bond motifs is 1. The van der Waals surface area contributed by atoms with Gasteiger partial charge in [0.2, 0.25) is 0 Å². The fourth-order valence-corrected chi connectivity index (χ4v) is 3.62. The van der Waals surface area contributed by atoms with Gasteiger partial charge in [-0.1, -0.05) is 0 Å². The van der Waals surface area contributed by atoms with Gasteiger partial charge in [0.1, 0.15) is 18.0 Å². The van der Waals surface area contributed by atoms with E-state index in [1.165, 1.54) is 0 Å². The smallest absolute Gasteiger partial charge is 0.410 e. The topological polar surface area (TPSA) is 54.6 Å². The second-order valence-electron chi connectivity index (χ2n) is 8.37. The molecule has 7 heteroatoms. The van der Waals surface area contributed by atoms with Crippen LogP contribution in [0.2, 0.25) is 0 Å². The Bertz CT molecular complexity index is 834. The minimum Gasteiger partial charge on any atom is -0.487 e. The number of halogens is 2. The summed E-state index contributed by atoms with van der Waals surface area (Å²) in [5, 5.41) is 0.941. The van der Waals surface area contributed by atoms with Gasteiger partial charge in [-0.25, -0.2) is 13.6 Å². The van der Waals surface area contributed by atoms with E-state index in [1.807, 2.05) is 45.9 Å². The zero-order valence-electron chi connectivity index (χ0n) is 16.9. The summed E-state index contributed by atoms with van der Waals surface area (Å²) in [5.41, 5.74) is 2.36. The van der Waals surface area contributed by atoms with Gasteiger partial charge in [0, 0.05) is 29.7 Å². The first-order valence-electron chi connectivity index (χ1n) is 9.64. The van der Waals surface area contributed by atoms with Crippen molar-refractivity contribution >= 4 is 17.0 Å². The number of nitrogens with zero attached hydrogens (tertiary/aromatic N) is 1. The Morgan fingerprint density at radius 2 is 1.93 bits per heavy atom. The third-order valence-electron chi connectivity index (χ3n) is 4.84. The molecule has 1 aliphatic heterocycles. The lowest BCUT2D eigenvalue weighted by molar-refractivity contribution is 0.0203. The van der Waals surface area contributed by atoms with Crippen LogP contribution in [0.25, 0.3) is 10.9 Å². The lowest BCUT2D eigenvalue weighted by Crippen LogP contribution is -2.41. The first-order valence-corrected chi connectivity index (χ1v) is 9.64. The van der Waals surface area contributed by atoms with Crippen molar-refractivity contribution in [2.75, 3.05) is 19.7 Å². The summed E-state index contributed by atoms with van der Waals surface area (Å²) in [7, 11) is 0. The van der Waals surface area contributed by atoms with Gasteiger partial charge in [-0.15, -0.1) is 0 Å². The van der Waals surface area contributed by atoms with E-state index in [9.17, 15) is 13.6 Å². The maximum atomic E-state index is 12.7. The van der Waals surface area contributed by atoms with Crippen molar-refractivity contribution in [3.05, 3.63) is 29.5 Å². The van der Waals surface area contributed by atoms with Crippen LogP contribution in [-0.4, -0.2) is 47.7 Å². The van der Waals surface area contributed by atoms with Crippen LogP contribution in [0.5, 0.6) is 5.75 Å². The highest BCUT2D eigenvalue weighted by molar-refractivity contribution is 5.83. The molecule has 5 nitrogen and oxygen atoms in total. The number of alkyl halides is 2. The molecule has 2 aromatic rings. The molecule has 1 saturated heterocycles. The van der Waals surface area contributed by atoms with E-state index >= 15 is 0 Å². The monoisotopic (exact) mass is 394 g/mol. The first-order chi connectivity index (χ1) is 13.1. The molecule has 1 fully saturated rings. The molecule has 3 rings (SSSR count). The highest BCUT2D eigenvalue weighted by atomic mass is 19.3. The number of hydrogen-bond acceptors (Lipinski definition) is 3. The number of ether oxygens (including phenoxy) is 2. The number of H-pyrrole nitrogens is 1. The van der Waals surface area contributed by atoms with Crippen LogP contribution in [0, 0.1) is 6.92 Å². The average molecular weight is 394 g/mol. The molecule has 1 N–H and O–H groups in total. The number of nitrogens with one attached hydrogen (secondary N) is 1. The first kappa shape index (κ1) is 20.4. The standard InChI is InChI=1S/C21H28F2N2O3/c1-13-9-15-10-18(27-12-19(22)23)16(11-17(15)24-13)14-5-7-25(8-6-14)20(26)28-21(2,3)4/h9-11,14,19,24H,5-8,12H2,1-4H3. The summed E-state index contributed by atoms with van der Waals surface area (Å²) < 4.78 is 36.3. The van der Waals surface area contributed by atoms with Crippen LogP contribution < -0.4 is 4.74 Å². The van der Waals surface area contributed by atoms with Crippen LogP contribution in [0.4, 0.5) is 13.6 Å². The van der Waals surface area contributed by atoms with Crippen molar-refractivity contribution in [2.45, 2.75) is 58.5 Å². The molecule has 1 aliphatic rings. The van der Waals surface area contributed by atoms with Gasteiger partial charge in [0.15, 0.2) is 0 Å². The molecule has 1 aromatic carbocycles. The van der Waals surface area contributed by atoms with Crippen molar-refractivity contribution < 1.29 is 23.0 Å². The van der Waals surface area contributed by atoms with E-state index in [1.54, 1.807) is 4.90 Å². The minimum atomic E-state index is -2.52. The van der Waals surface area contributed by atoms with Gasteiger partial charge < -0.3 is 19.4 Å². The predicted octanol–water partition coefficient (Wildman–Crippen LogP) is 5.23. The third-order valence-corrected chi connectivity index (χ3v) is 4.84. The molecule has 0 unspecified atom stereocenters. The molecule has 1 aromatic heterocycles. The summed E-state index contributed by atoms with van der Waals surface area (Å²) in [6, 6.07) is 5.80. The maximum Gasteiger partial charge on any atom is 0.410 e. The maximum absolute atomic E-state index is 12.7. The molecule has 2 heterocycles. The van der Waals surface area contributed by atoms with Gasteiger partial charge in [0.25, 0.3) is 6.43 Å². The molecule has 0 bridgehead atoms. The lowest BCUT2D eigenvalue weighted by atomic mass is 9.88. The summed E-state index contributed by atoms with van der Waals surface area (Å²) in [6.45, 7) is 8.00. The summed E-state index contributed by atoms with van der Waals surface area (Å²) in [4.78, 5) is 17.3. The largest absolute Gasteiger partial charge is 0.487 e. The Balaban J connectivity index is 1.77. The number of likely N-dealkylation sites (tertiary alicyclic amines) is 1. The molecule has 28 heavy (non-hydrogen) atoms. The quantitative estimate of drug-likeness (QED) is 0.772. The fourth-order valence-electron chi connectivity index (χ4n) is 3.62. The van der Waals surface area contributed by atoms with E-state index < -0.39 is 18.6 Å². The highest BCUT2D eigenvalue weighted by Crippen LogP contribution is 2.37. The summed E-state index contributed by atoms with van der Waals surface area (Å²) in [5.74, 6) is 0.641. The number of aryl methyl sites for hydroxylation is 1. The second kappa shape index (κ2) is 7.97. The van der Waals surface area contributed by atoms with Gasteiger partial charge in [-0.2, -0.15) is 0 Å². The number of carbonyl (C=O) groups is 1. The minimum absolute atomic E-state index is 0.138. The zero-order chi connectivity index (χ0) is 20.5. The number of amides is 1. The van der Waals surface area contributed by atoms with E-state index in [4.69, 9.17) is 9.47 Å². The Morgan fingerprint density at radius 1 is 1.25 bits per heavy atom. The number of hydrogen-bond donors (Lipinski definition) is 1. The van der Waals surface area contributed by atoms with E-state index in [2.05, 4.69) is 4.98 Å². The molecule has 0 spiro atoms. The van der Waals surface area contributed by atoms with E-state index in [-0.39, 0.29) is 12.0 Å². The number of rotatable bonds is 4. The summed E-state index contributed by atoms with van der Waals surface area (Å²) >= 11 is 0. The zero-order valence-corrected chi connectivity index (χ0v) is 16.9. The van der Waals surface area contributed by atoms with Crippen molar-refractivity contribution in [3.8, 4) is 5.75 Å². The van der Waals surface area contributed by atoms with Gasteiger partial charge in [-0.05, 0) is 70.2 Å². The summed E-state index contributed by atoms with van der Waals surface area (Å²) in [6.07, 6.45) is -1.37. The van der Waals surface area contributed by atoms with Crippen molar-refractivity contribution in [2.24, 2.45) is 0 Å². The van der Waals surface area contributed by atoms with Crippen LogP contribution in [-0.2, 0) is 4.74 Å². The van der Waals surface area contributed by atoms with Gasteiger partial charge in [-0.3, -0.25) is 0 Å². The highest BCUT2D eigenvalue weighted by Gasteiger charge is 2.29. The Labute approximate surface area is 164 Å². The predicted molar refractivity (Wildman–Crippen MR) is 104 cm³/mol. The van der Waals surface area contributed by atoms with Crippen LogP contribution in [0.15, 0.2) is 18.2 Å². The third kappa shape index (κ3) is 4.94. The van der Waals surface area contributed by atoms with Crippen LogP contribution in [0.3, 0.4) is 0 Å². The molecule has 154 valence electrons. The van der Waals surface area contributed by atoms with E-state index in [0.717, 1.165) is 35.0 Å². The Hall–Kier alpha value is -2.31. The van der Waals surface area contributed by atoms with E-state index in [0.29, 0.717) is 18.8 Å². The van der Waals surface area contributed by atoms with Crippen molar-refractivity contribution in [1.82, 2.24) is 9.88 Å². The second-order valence-corrected chi connectivity index (χ2v) is 8.37. The SMILES string of the molecule is Cc1cc2cc(OCC(F)F)c(C3CCN(C(=O)OC(C)(C)C)CC3)cc2[nH]1. The Morgan fingerprint density at radius 3 is 2.54 bits per heavy atom. The van der Waals surface area contributed by atoms with Gasteiger partial charge >= 0.3 is 6.09 Å². The van der Waals surface area contributed by atoms with Gasteiger partial charge in [0.05, 0.1) is 0 Å². The molecule has 0 atom stereocenters. The number of benzene rings is 1. The molecule has 0 radical (unpaired) electrons. The van der Waals surface area contributed by atoms with Crippen molar-refractivity contribution in [3.63, 3.8) is 0 Å². The van der Waals surface area contributed by atoms with Crippen LogP contribution >= 0.6 is 0 Å². The number of aromatic amines is 1. The number of carbonyl (C=O) groups excluding carboxylic acids is 1. The Kier molecular flexibility index (Phi) is 5.82. The normalized spacial score (nSPS) is 16.0. The van der Waals surface area contributed by atoms with Crippen LogP contribution in [0.1, 0.15) is 50.8 Å². The fraction of sp³-hybridized carbons (Fsp3) is 0.571. The van der Waals surface area contributed by atoms with Crippen molar-refractivity contribution in [1.29, 1.82) is 0 Å². The molecule has 1 amide bonds. The molecular weight excluding hydrogens is 366 g/mol. The number of aromatic nitrogens is 1. The molecule has 0 aliphatic carbocycles. The average Bonchev–Trinajstić information content (AvgIpc) is 2.96.